The van der Waals surface area contributed by atoms with Crippen molar-refractivity contribution in [2.45, 2.75) is 31.6 Å². The minimum Gasteiger partial charge on any atom is -0.211 e. The van der Waals surface area contributed by atoms with Gasteiger partial charge in [-0.05, 0) is 43.9 Å². The molecule has 1 rings (SSSR count). The Kier molecular flexibility index (Phi) is 6.00. The molecule has 20 heavy (non-hydrogen) atoms. The number of alkyl halides is 1. The first-order valence-electron chi connectivity index (χ1n) is 6.07. The number of halogens is 1. The van der Waals surface area contributed by atoms with Gasteiger partial charge in [0.1, 0.15) is 0 Å². The van der Waals surface area contributed by atoms with E-state index in [2.05, 4.69) is 0 Å². The van der Waals surface area contributed by atoms with Crippen LogP contribution in [-0.4, -0.2) is 28.5 Å². The van der Waals surface area contributed by atoms with Crippen LogP contribution in [0.4, 0.5) is 0 Å². The fraction of sp³-hybridized carbons (Fsp3) is 0.500. The molecule has 0 atom stereocenters. The number of sulfonamides is 2. The van der Waals surface area contributed by atoms with E-state index >= 15 is 0 Å². The summed E-state index contributed by atoms with van der Waals surface area (Å²) in [6.07, 6.45) is 0.840. The van der Waals surface area contributed by atoms with Gasteiger partial charge in [-0.3, -0.25) is 0 Å². The van der Waals surface area contributed by atoms with Crippen LogP contribution < -0.4 is 4.13 Å². The Bertz CT molecular complexity index is 669. The fourth-order valence-electron chi connectivity index (χ4n) is 1.64. The molecule has 0 saturated heterocycles. The Morgan fingerprint density at radius 2 is 1.75 bits per heavy atom. The molecule has 5 nitrogen and oxygen atoms in total. The van der Waals surface area contributed by atoms with Crippen LogP contribution in [0.25, 0.3) is 0 Å². The molecule has 0 aliphatic carbocycles. The minimum absolute atomic E-state index is 0.0154. The van der Waals surface area contributed by atoms with Crippen LogP contribution in [0.3, 0.4) is 0 Å². The number of rotatable bonds is 7. The van der Waals surface area contributed by atoms with Crippen molar-refractivity contribution < 1.29 is 16.8 Å². The predicted octanol–water partition coefficient (Wildman–Crippen LogP) is 1.93. The Balaban J connectivity index is 2.98. The largest absolute Gasteiger partial charge is 0.253 e. The summed E-state index contributed by atoms with van der Waals surface area (Å²) in [5, 5.41) is 0. The average Bonchev–Trinajstić information content (AvgIpc) is 2.31. The maximum absolute atomic E-state index is 12.1. The van der Waals surface area contributed by atoms with Crippen molar-refractivity contribution in [3.8, 4) is 0 Å². The monoisotopic (exact) mass is 339 g/mol. The number of nitrogens with one attached hydrogen (secondary N) is 1. The second-order valence-electron chi connectivity index (χ2n) is 4.57. The van der Waals surface area contributed by atoms with E-state index in [1.807, 2.05) is 0 Å². The normalized spacial score (nSPS) is 12.6. The first kappa shape index (κ1) is 17.4. The van der Waals surface area contributed by atoms with Crippen LogP contribution in [0.5, 0.6) is 0 Å². The summed E-state index contributed by atoms with van der Waals surface area (Å²) < 4.78 is 49.6. The van der Waals surface area contributed by atoms with E-state index in [1.54, 1.807) is 30.1 Å². The van der Waals surface area contributed by atoms with Crippen molar-refractivity contribution in [3.05, 3.63) is 29.3 Å². The molecule has 0 spiro atoms. The molecule has 0 heterocycles. The van der Waals surface area contributed by atoms with Gasteiger partial charge in [0.05, 0.1) is 10.6 Å². The molecule has 0 aromatic heterocycles. The van der Waals surface area contributed by atoms with Gasteiger partial charge in [0, 0.05) is 5.88 Å². The quantitative estimate of drug-likeness (QED) is 0.608. The van der Waals surface area contributed by atoms with Gasteiger partial charge < -0.3 is 0 Å². The maximum atomic E-state index is 12.1. The van der Waals surface area contributed by atoms with E-state index in [0.717, 1.165) is 5.56 Å². The van der Waals surface area contributed by atoms with Crippen molar-refractivity contribution >= 4 is 31.6 Å². The number of hydrogen-bond acceptors (Lipinski definition) is 4. The first-order chi connectivity index (χ1) is 9.18. The second-order valence-corrected chi connectivity index (χ2v) is 8.70. The van der Waals surface area contributed by atoms with Crippen molar-refractivity contribution in [1.82, 2.24) is 4.13 Å². The third kappa shape index (κ3) is 5.05. The molecule has 0 amide bonds. The van der Waals surface area contributed by atoms with Crippen molar-refractivity contribution in [2.24, 2.45) is 0 Å². The number of unbranched alkanes of at least 4 members (excludes halogenated alkanes) is 1. The van der Waals surface area contributed by atoms with Crippen molar-refractivity contribution in [1.29, 1.82) is 0 Å². The predicted molar refractivity (Wildman–Crippen MR) is 80.0 cm³/mol. The highest BCUT2D eigenvalue weighted by atomic mass is 35.5. The number of aryl methyl sites for hydroxylation is 2. The zero-order valence-corrected chi connectivity index (χ0v) is 13.8. The van der Waals surface area contributed by atoms with Gasteiger partial charge >= 0.3 is 0 Å². The smallest absolute Gasteiger partial charge is 0.211 e. The van der Waals surface area contributed by atoms with E-state index in [9.17, 15) is 16.8 Å². The fourth-order valence-corrected chi connectivity index (χ4v) is 5.27. The number of benzene rings is 1. The Labute approximate surface area is 125 Å². The topological polar surface area (TPSA) is 80.3 Å². The van der Waals surface area contributed by atoms with Crippen LogP contribution in [0, 0.1) is 13.8 Å². The summed E-state index contributed by atoms with van der Waals surface area (Å²) in [6, 6.07) is 4.86. The molecule has 114 valence electrons. The van der Waals surface area contributed by atoms with Gasteiger partial charge in [-0.2, -0.15) is 0 Å². The van der Waals surface area contributed by atoms with Gasteiger partial charge in [-0.1, -0.05) is 12.1 Å². The molecule has 0 saturated carbocycles. The van der Waals surface area contributed by atoms with Crippen LogP contribution >= 0.6 is 11.6 Å². The SMILES string of the molecule is Cc1ccc(C)c(S(=O)(=O)NS(=O)(=O)CCCCCl)c1. The van der Waals surface area contributed by atoms with Crippen LogP contribution in [0.15, 0.2) is 23.1 Å². The molecular formula is C12H18ClNO4S2. The first-order valence-corrected chi connectivity index (χ1v) is 9.74. The van der Waals surface area contributed by atoms with Crippen molar-refractivity contribution in [2.75, 3.05) is 11.6 Å². The van der Waals surface area contributed by atoms with Gasteiger partial charge in [-0.25, -0.2) is 16.8 Å². The molecule has 0 aliphatic rings. The molecule has 1 aromatic carbocycles. The molecule has 0 radical (unpaired) electrons. The maximum Gasteiger partial charge on any atom is 0.253 e. The molecule has 0 aliphatic heterocycles. The number of hydrogen-bond donors (Lipinski definition) is 1. The Morgan fingerprint density at radius 1 is 1.10 bits per heavy atom. The summed E-state index contributed by atoms with van der Waals surface area (Å²) in [5.74, 6) is 0.0864. The van der Waals surface area contributed by atoms with Gasteiger partial charge in [-0.15, -0.1) is 15.7 Å². The lowest BCUT2D eigenvalue weighted by molar-refractivity contribution is 0.574. The molecule has 1 N–H and O–H groups in total. The van der Waals surface area contributed by atoms with E-state index in [-0.39, 0.29) is 10.6 Å². The van der Waals surface area contributed by atoms with Crippen LogP contribution in [-0.2, 0) is 20.0 Å². The van der Waals surface area contributed by atoms with Gasteiger partial charge in [0.2, 0.25) is 10.0 Å². The molecular weight excluding hydrogens is 322 g/mol. The van der Waals surface area contributed by atoms with E-state index in [0.29, 0.717) is 24.3 Å². The zero-order chi connectivity index (χ0) is 15.4. The summed E-state index contributed by atoms with van der Waals surface area (Å²) >= 11 is 5.46. The van der Waals surface area contributed by atoms with Crippen LogP contribution in [0.1, 0.15) is 24.0 Å². The molecule has 1 aromatic rings. The van der Waals surface area contributed by atoms with E-state index in [4.69, 9.17) is 11.6 Å². The average molecular weight is 340 g/mol. The Hall–Kier alpha value is -0.630. The van der Waals surface area contributed by atoms with Gasteiger partial charge in [0.15, 0.2) is 0 Å². The summed E-state index contributed by atoms with van der Waals surface area (Å²) in [7, 11) is -7.97. The summed E-state index contributed by atoms with van der Waals surface area (Å²) in [5.41, 5.74) is 1.24. The Morgan fingerprint density at radius 3 is 2.35 bits per heavy atom. The van der Waals surface area contributed by atoms with E-state index in [1.165, 1.54) is 6.07 Å². The van der Waals surface area contributed by atoms with Crippen molar-refractivity contribution in [3.63, 3.8) is 0 Å². The molecule has 0 unspecified atom stereocenters. The molecule has 0 fully saturated rings. The zero-order valence-electron chi connectivity index (χ0n) is 11.4. The second kappa shape index (κ2) is 6.89. The van der Waals surface area contributed by atoms with Gasteiger partial charge in [0.25, 0.3) is 10.0 Å². The lowest BCUT2D eigenvalue weighted by Gasteiger charge is -2.10. The third-order valence-electron chi connectivity index (χ3n) is 2.67. The van der Waals surface area contributed by atoms with Crippen LogP contribution in [0.2, 0.25) is 0 Å². The summed E-state index contributed by atoms with van der Waals surface area (Å²) in [4.78, 5) is -0.0154. The molecule has 8 heteroatoms. The van der Waals surface area contributed by atoms with E-state index < -0.39 is 20.0 Å². The lowest BCUT2D eigenvalue weighted by atomic mass is 10.2. The minimum atomic E-state index is -4.08. The highest BCUT2D eigenvalue weighted by Gasteiger charge is 2.24. The third-order valence-corrected chi connectivity index (χ3v) is 6.67. The highest BCUT2D eigenvalue weighted by molar-refractivity contribution is 8.04. The summed E-state index contributed by atoms with van der Waals surface area (Å²) in [6.45, 7) is 3.36. The lowest BCUT2D eigenvalue weighted by Crippen LogP contribution is -2.33. The highest BCUT2D eigenvalue weighted by Crippen LogP contribution is 2.17. The molecule has 0 bridgehead atoms. The standard InChI is InChI=1S/C12H18ClNO4S2/c1-10-5-6-11(2)12(9-10)20(17,18)14-19(15,16)8-4-3-7-13/h5-6,9,14H,3-4,7-8H2,1-2H3.